The van der Waals surface area contributed by atoms with E-state index in [1.54, 1.807) is 23.1 Å². The Labute approximate surface area is 159 Å². The van der Waals surface area contributed by atoms with E-state index in [1.807, 2.05) is 24.3 Å². The summed E-state index contributed by atoms with van der Waals surface area (Å²) in [5.41, 5.74) is 0.855. The number of para-hydroxylation sites is 1. The number of hydrogen-bond acceptors (Lipinski definition) is 6. The Morgan fingerprint density at radius 2 is 2.00 bits per heavy atom. The van der Waals surface area contributed by atoms with Gasteiger partial charge in [-0.25, -0.2) is 0 Å². The Morgan fingerprint density at radius 1 is 1.24 bits per heavy atom. The molecule has 1 aromatic carbocycles. The molecule has 0 saturated carbocycles. The molecule has 1 aromatic rings. The van der Waals surface area contributed by atoms with Crippen molar-refractivity contribution >= 4 is 57.6 Å². The number of carboxylic acid groups (broad SMARTS) is 1. The van der Waals surface area contributed by atoms with Crippen molar-refractivity contribution in [1.29, 1.82) is 0 Å². The lowest BCUT2D eigenvalue weighted by molar-refractivity contribution is -0.135. The van der Waals surface area contributed by atoms with Crippen molar-refractivity contribution in [3.8, 4) is 0 Å². The van der Waals surface area contributed by atoms with E-state index in [-0.39, 0.29) is 12.5 Å². The Balaban J connectivity index is 1.88. The van der Waals surface area contributed by atoms with Crippen LogP contribution in [-0.4, -0.2) is 39.3 Å². The number of rotatable bonds is 5. The minimum Gasteiger partial charge on any atom is -0.480 e. The van der Waals surface area contributed by atoms with Crippen LogP contribution in [0.1, 0.15) is 0 Å². The highest BCUT2D eigenvalue weighted by Gasteiger charge is 2.31. The largest absolute Gasteiger partial charge is 0.480 e. The number of hydrogen-bond donors (Lipinski definition) is 1. The Hall–Kier alpha value is -2.03. The van der Waals surface area contributed by atoms with Crippen LogP contribution in [0.25, 0.3) is 0 Å². The summed E-state index contributed by atoms with van der Waals surface area (Å²) in [6.45, 7) is 3.87. The second-order valence-electron chi connectivity index (χ2n) is 5.16. The average molecular weight is 391 g/mol. The number of aliphatic carboxylic acids is 1. The summed E-state index contributed by atoms with van der Waals surface area (Å²) in [6.07, 6.45) is 5.10. The number of allylic oxidation sites excluding steroid dienone is 2. The molecule has 0 bridgehead atoms. The van der Waals surface area contributed by atoms with Crippen LogP contribution in [0.5, 0.6) is 0 Å². The minimum atomic E-state index is -0.916. The number of fused-ring (bicyclic) bond motifs is 1. The van der Waals surface area contributed by atoms with Gasteiger partial charge < -0.3 is 10.0 Å². The van der Waals surface area contributed by atoms with Gasteiger partial charge in [-0.3, -0.25) is 14.5 Å². The second kappa shape index (κ2) is 7.47. The summed E-state index contributed by atoms with van der Waals surface area (Å²) in [7, 11) is 0. The zero-order valence-corrected chi connectivity index (χ0v) is 15.5. The number of carboxylic acids is 1. The summed E-state index contributed by atoms with van der Waals surface area (Å²) in [5, 5.41) is 9.94. The molecule has 1 saturated heterocycles. The van der Waals surface area contributed by atoms with Crippen LogP contribution < -0.4 is 4.90 Å². The summed E-state index contributed by atoms with van der Waals surface area (Å²) >= 11 is 7.93. The fourth-order valence-electron chi connectivity index (χ4n) is 2.42. The molecule has 0 aromatic heterocycles. The van der Waals surface area contributed by atoms with Gasteiger partial charge in [0.2, 0.25) is 0 Å². The molecule has 25 heavy (non-hydrogen) atoms. The van der Waals surface area contributed by atoms with E-state index in [9.17, 15) is 14.7 Å². The van der Waals surface area contributed by atoms with E-state index in [2.05, 4.69) is 6.58 Å². The first-order chi connectivity index (χ1) is 12.0. The molecule has 0 atom stereocenters. The van der Waals surface area contributed by atoms with Gasteiger partial charge in [0.05, 0.1) is 15.6 Å². The predicted molar refractivity (Wildman–Crippen MR) is 106 cm³/mol. The molecule has 8 heteroatoms. The van der Waals surface area contributed by atoms with E-state index >= 15 is 0 Å². The van der Waals surface area contributed by atoms with Crippen LogP contribution in [0.2, 0.25) is 0 Å². The third-order valence-corrected chi connectivity index (χ3v) is 6.02. The number of carbonyl (C=O) groups excluding carboxylic acids is 1. The van der Waals surface area contributed by atoms with Crippen LogP contribution in [-0.2, 0) is 9.59 Å². The molecule has 3 rings (SSSR count). The molecule has 1 fully saturated rings. The lowest BCUT2D eigenvalue weighted by Gasteiger charge is -2.17. The number of thiocarbonyl (C=S) groups is 1. The quantitative estimate of drug-likeness (QED) is 0.469. The van der Waals surface area contributed by atoms with Crippen LogP contribution in [0.15, 0.2) is 63.9 Å². The highest BCUT2D eigenvalue weighted by molar-refractivity contribution is 8.26. The van der Waals surface area contributed by atoms with Gasteiger partial charge in [-0.05, 0) is 24.3 Å². The summed E-state index contributed by atoms with van der Waals surface area (Å²) in [5.74, 6) is -1.07. The van der Waals surface area contributed by atoms with E-state index in [4.69, 9.17) is 12.2 Å². The first-order valence-corrected chi connectivity index (χ1v) is 9.38. The number of anilines is 1. The van der Waals surface area contributed by atoms with Gasteiger partial charge in [-0.1, -0.05) is 54.0 Å². The minimum absolute atomic E-state index is 0.138. The van der Waals surface area contributed by atoms with E-state index in [0.717, 1.165) is 15.6 Å². The molecule has 2 aliphatic heterocycles. The van der Waals surface area contributed by atoms with Crippen LogP contribution >= 0.6 is 35.7 Å². The van der Waals surface area contributed by atoms with Crippen molar-refractivity contribution in [2.24, 2.45) is 0 Å². The van der Waals surface area contributed by atoms with Gasteiger partial charge in [0.15, 0.2) is 0 Å². The first-order valence-electron chi connectivity index (χ1n) is 7.34. The maximum absolute atomic E-state index is 12.3. The van der Waals surface area contributed by atoms with Gasteiger partial charge in [0.25, 0.3) is 5.91 Å². The fraction of sp³-hybridized carbons (Fsp3) is 0.118. The Morgan fingerprint density at radius 3 is 2.72 bits per heavy atom. The van der Waals surface area contributed by atoms with Crippen LogP contribution in [0.4, 0.5) is 5.69 Å². The van der Waals surface area contributed by atoms with Crippen molar-refractivity contribution in [2.45, 2.75) is 4.90 Å². The molecule has 0 aliphatic carbocycles. The molecular weight excluding hydrogens is 376 g/mol. The zero-order valence-electron chi connectivity index (χ0n) is 13.0. The highest BCUT2D eigenvalue weighted by atomic mass is 32.2. The van der Waals surface area contributed by atoms with Crippen molar-refractivity contribution in [3.63, 3.8) is 0 Å². The van der Waals surface area contributed by atoms with Crippen molar-refractivity contribution in [2.75, 3.05) is 18.0 Å². The summed E-state index contributed by atoms with van der Waals surface area (Å²) < 4.78 is 0.499. The molecule has 2 heterocycles. The highest BCUT2D eigenvalue weighted by Crippen LogP contribution is 2.45. The molecule has 1 amide bonds. The number of amides is 1. The van der Waals surface area contributed by atoms with Gasteiger partial charge in [0.1, 0.15) is 10.9 Å². The monoisotopic (exact) mass is 390 g/mol. The van der Waals surface area contributed by atoms with Crippen molar-refractivity contribution < 1.29 is 14.7 Å². The third kappa shape index (κ3) is 3.65. The van der Waals surface area contributed by atoms with Crippen molar-refractivity contribution in [3.05, 3.63) is 59.0 Å². The Kier molecular flexibility index (Phi) is 5.31. The predicted octanol–water partition coefficient (Wildman–Crippen LogP) is 3.45. The van der Waals surface area contributed by atoms with Crippen LogP contribution in [0.3, 0.4) is 0 Å². The van der Waals surface area contributed by atoms with E-state index in [0.29, 0.717) is 15.8 Å². The molecule has 0 spiro atoms. The number of thioether (sulfide) groups is 2. The molecular formula is C17H14N2O3S3. The summed E-state index contributed by atoms with van der Waals surface area (Å²) in [6, 6.07) is 7.61. The molecule has 2 aliphatic rings. The maximum Gasteiger partial charge on any atom is 0.323 e. The normalized spacial score (nSPS) is 19.8. The third-order valence-electron chi connectivity index (χ3n) is 3.49. The number of benzene rings is 1. The molecule has 1 N–H and O–H groups in total. The standard InChI is InChI=1S/C17H14N2O3S3/c1-2-9-18-16(22)13(25-17(18)23)7-8-14-19(10-15(20)21)11-5-3-4-6-12(11)24-14/h2-8H,1,9-10H2,(H,20,21). The smallest absolute Gasteiger partial charge is 0.323 e. The SMILES string of the molecule is C=CCN1C(=O)C(=CC=C2Sc3ccccc3N2CC(=O)O)SC1=S. The lowest BCUT2D eigenvalue weighted by Crippen LogP contribution is -2.27. The number of carbonyl (C=O) groups is 2. The molecule has 0 radical (unpaired) electrons. The zero-order chi connectivity index (χ0) is 18.0. The maximum atomic E-state index is 12.3. The molecule has 128 valence electrons. The molecule has 5 nitrogen and oxygen atoms in total. The average Bonchev–Trinajstić information content (AvgIpc) is 3.05. The van der Waals surface area contributed by atoms with Gasteiger partial charge >= 0.3 is 5.97 Å². The van der Waals surface area contributed by atoms with E-state index < -0.39 is 5.97 Å². The van der Waals surface area contributed by atoms with Gasteiger partial charge in [0, 0.05) is 11.4 Å². The topological polar surface area (TPSA) is 60.9 Å². The second-order valence-corrected chi connectivity index (χ2v) is 7.90. The van der Waals surface area contributed by atoms with E-state index in [1.165, 1.54) is 28.4 Å². The fourth-order valence-corrected chi connectivity index (χ4v) is 4.70. The van der Waals surface area contributed by atoms with Gasteiger partial charge in [-0.2, -0.15) is 0 Å². The first kappa shape index (κ1) is 17.8. The summed E-state index contributed by atoms with van der Waals surface area (Å²) in [4.78, 5) is 28.3. The van der Waals surface area contributed by atoms with Gasteiger partial charge in [-0.15, -0.1) is 6.58 Å². The number of nitrogens with zero attached hydrogens (tertiary/aromatic N) is 2. The van der Waals surface area contributed by atoms with Crippen molar-refractivity contribution in [1.82, 2.24) is 4.90 Å². The van der Waals surface area contributed by atoms with Crippen LogP contribution in [0, 0.1) is 0 Å². The Bertz CT molecular complexity index is 832. The lowest BCUT2D eigenvalue weighted by atomic mass is 10.3. The molecule has 0 unspecified atom stereocenters.